The summed E-state index contributed by atoms with van der Waals surface area (Å²) in [7, 11) is 0. The Hall–Kier alpha value is -3.32. The van der Waals surface area contributed by atoms with Crippen molar-refractivity contribution in [2.45, 2.75) is 28.9 Å². The van der Waals surface area contributed by atoms with Gasteiger partial charge in [0.2, 0.25) is 0 Å². The zero-order valence-corrected chi connectivity index (χ0v) is 20.8. The summed E-state index contributed by atoms with van der Waals surface area (Å²) < 4.78 is 20.4. The van der Waals surface area contributed by atoms with Crippen LogP contribution in [0.25, 0.3) is 11.1 Å². The van der Waals surface area contributed by atoms with Gasteiger partial charge in [0.25, 0.3) is 0 Å². The largest absolute Gasteiger partial charge is 0.449 e. The molecule has 1 aliphatic rings. The molecule has 0 unspecified atom stereocenters. The van der Waals surface area contributed by atoms with Crippen molar-refractivity contribution in [2.24, 2.45) is 0 Å². The van der Waals surface area contributed by atoms with Crippen molar-refractivity contribution in [1.82, 2.24) is 5.32 Å². The molecular weight excluding hydrogens is 497 g/mol. The Morgan fingerprint density at radius 2 is 1.58 bits per heavy atom. The maximum Gasteiger partial charge on any atom is 0.407 e. The van der Waals surface area contributed by atoms with Gasteiger partial charge in [-0.2, -0.15) is 0 Å². The van der Waals surface area contributed by atoms with Crippen LogP contribution in [0, 0.1) is 5.82 Å². The highest BCUT2D eigenvalue weighted by Crippen LogP contribution is 2.44. The Labute approximate surface area is 218 Å². The first kappa shape index (κ1) is 24.4. The molecule has 0 aliphatic heterocycles. The highest BCUT2D eigenvalue weighted by molar-refractivity contribution is 7.99. The lowest BCUT2D eigenvalue weighted by Gasteiger charge is -2.16. The smallest absolute Gasteiger partial charge is 0.407 e. The third kappa shape index (κ3) is 4.85. The third-order valence-corrected chi connectivity index (χ3v) is 7.98. The summed E-state index contributed by atoms with van der Waals surface area (Å²) in [6.07, 6.45) is -0.636. The van der Waals surface area contributed by atoms with Crippen LogP contribution in [-0.2, 0) is 17.9 Å². The fraction of sp³-hybridized carbons (Fsp3) is 0.138. The van der Waals surface area contributed by atoms with Gasteiger partial charge in [0.1, 0.15) is 12.4 Å². The Bertz CT molecular complexity index is 1380. The molecule has 5 rings (SSSR count). The van der Waals surface area contributed by atoms with Gasteiger partial charge in [-0.25, -0.2) is 9.18 Å². The van der Waals surface area contributed by atoms with Gasteiger partial charge < -0.3 is 15.2 Å². The number of fused-ring (bicyclic) bond motifs is 3. The normalized spacial score (nSPS) is 12.2. The quantitative estimate of drug-likeness (QED) is 0.272. The highest BCUT2D eigenvalue weighted by atomic mass is 35.5. The summed E-state index contributed by atoms with van der Waals surface area (Å²) >= 11 is 7.66. The minimum atomic E-state index is -0.636. The van der Waals surface area contributed by atoms with Gasteiger partial charge in [-0.05, 0) is 46.0 Å². The van der Waals surface area contributed by atoms with E-state index in [4.69, 9.17) is 16.3 Å². The van der Waals surface area contributed by atoms with Crippen LogP contribution >= 0.6 is 23.4 Å². The number of ether oxygens (including phenoxy) is 1. The second-order valence-electron chi connectivity index (χ2n) is 8.38. The minimum absolute atomic E-state index is 0.0628. The number of aliphatic hydroxyl groups excluding tert-OH is 1. The van der Waals surface area contributed by atoms with Crippen molar-refractivity contribution in [1.29, 1.82) is 0 Å². The van der Waals surface area contributed by atoms with Gasteiger partial charge in [0.05, 0.1) is 18.2 Å². The molecule has 4 aromatic carbocycles. The predicted molar refractivity (Wildman–Crippen MR) is 140 cm³/mol. The summed E-state index contributed by atoms with van der Waals surface area (Å²) in [4.78, 5) is 13.9. The van der Waals surface area contributed by atoms with E-state index in [-0.39, 0.29) is 31.2 Å². The summed E-state index contributed by atoms with van der Waals surface area (Å²) in [5, 5.41) is 12.7. The van der Waals surface area contributed by atoms with Gasteiger partial charge in [0.15, 0.2) is 0 Å². The maximum absolute atomic E-state index is 14.8. The van der Waals surface area contributed by atoms with Crippen molar-refractivity contribution in [3.63, 3.8) is 0 Å². The number of hydrogen-bond acceptors (Lipinski definition) is 4. The number of benzene rings is 4. The summed E-state index contributed by atoms with van der Waals surface area (Å²) in [6.45, 7) is -0.0699. The first-order valence-electron chi connectivity index (χ1n) is 11.5. The number of amides is 1. The Kier molecular flexibility index (Phi) is 7.28. The lowest BCUT2D eigenvalue weighted by atomic mass is 9.98. The van der Waals surface area contributed by atoms with Crippen LogP contribution in [0.2, 0.25) is 5.02 Å². The highest BCUT2D eigenvalue weighted by Gasteiger charge is 2.29. The topological polar surface area (TPSA) is 58.6 Å². The molecule has 0 aromatic heterocycles. The van der Waals surface area contributed by atoms with E-state index in [0.717, 1.165) is 27.1 Å². The Balaban J connectivity index is 1.29. The number of rotatable bonds is 7. The van der Waals surface area contributed by atoms with Gasteiger partial charge in [0, 0.05) is 21.3 Å². The number of aliphatic hydroxyl groups is 1. The van der Waals surface area contributed by atoms with E-state index >= 15 is 0 Å². The molecule has 1 amide bonds. The SMILES string of the molecule is O=C(NCc1c(F)ccc(Cl)c1Sc1ccccc1CO)OCC1c2ccccc2-c2ccccc21. The number of nitrogens with one attached hydrogen (secondary N) is 1. The Morgan fingerprint density at radius 3 is 2.28 bits per heavy atom. The first-order chi connectivity index (χ1) is 17.6. The molecule has 0 fully saturated rings. The van der Waals surface area contributed by atoms with Crippen molar-refractivity contribution >= 4 is 29.5 Å². The maximum atomic E-state index is 14.8. The van der Waals surface area contributed by atoms with Gasteiger partial charge in [-0.15, -0.1) is 0 Å². The van der Waals surface area contributed by atoms with Crippen molar-refractivity contribution < 1.29 is 19.0 Å². The molecule has 7 heteroatoms. The average Bonchev–Trinajstić information content (AvgIpc) is 3.23. The molecule has 2 N–H and O–H groups in total. The fourth-order valence-corrected chi connectivity index (χ4v) is 5.89. The molecule has 0 radical (unpaired) electrons. The molecule has 0 spiro atoms. The van der Waals surface area contributed by atoms with Crippen molar-refractivity contribution in [3.8, 4) is 11.1 Å². The first-order valence-corrected chi connectivity index (χ1v) is 12.7. The van der Waals surface area contributed by atoms with Crippen LogP contribution in [0.15, 0.2) is 94.7 Å². The summed E-state index contributed by atoms with van der Waals surface area (Å²) in [5.41, 5.74) is 5.50. The molecule has 0 saturated carbocycles. The molecule has 0 atom stereocenters. The van der Waals surface area contributed by atoms with E-state index in [1.54, 1.807) is 6.07 Å². The Morgan fingerprint density at radius 1 is 0.944 bits per heavy atom. The zero-order valence-electron chi connectivity index (χ0n) is 19.2. The van der Waals surface area contributed by atoms with E-state index in [1.807, 2.05) is 42.5 Å². The van der Waals surface area contributed by atoms with Gasteiger partial charge in [-0.1, -0.05) is 90.1 Å². The molecular formula is C29H23ClFNO3S. The van der Waals surface area contributed by atoms with Crippen molar-refractivity contribution in [2.75, 3.05) is 6.61 Å². The number of carbonyl (C=O) groups is 1. The van der Waals surface area contributed by atoms with Gasteiger partial charge in [-0.3, -0.25) is 0 Å². The molecule has 0 saturated heterocycles. The molecule has 182 valence electrons. The van der Waals surface area contributed by atoms with E-state index in [0.29, 0.717) is 15.5 Å². The third-order valence-electron chi connectivity index (χ3n) is 6.26. The fourth-order valence-electron chi connectivity index (χ4n) is 4.50. The van der Waals surface area contributed by atoms with E-state index < -0.39 is 11.9 Å². The molecule has 36 heavy (non-hydrogen) atoms. The average molecular weight is 520 g/mol. The van der Waals surface area contributed by atoms with E-state index in [9.17, 15) is 14.3 Å². The van der Waals surface area contributed by atoms with E-state index in [2.05, 4.69) is 29.6 Å². The standard InChI is InChI=1S/C29H23ClFNO3S/c30-25-13-14-26(31)23(28(25)36-27-12-6-1-7-18(27)16-33)15-32-29(34)35-17-24-21-10-4-2-8-19(21)20-9-3-5-11-22(20)24/h1-14,24,33H,15-17H2,(H,32,34). The van der Waals surface area contributed by atoms with Crippen LogP contribution in [0.4, 0.5) is 9.18 Å². The van der Waals surface area contributed by atoms with Crippen LogP contribution in [0.1, 0.15) is 28.2 Å². The second kappa shape index (κ2) is 10.7. The molecule has 4 aromatic rings. The lowest BCUT2D eigenvalue weighted by molar-refractivity contribution is 0.142. The molecule has 1 aliphatic carbocycles. The zero-order chi connectivity index (χ0) is 25.1. The lowest BCUT2D eigenvalue weighted by Crippen LogP contribution is -2.26. The second-order valence-corrected chi connectivity index (χ2v) is 9.84. The number of alkyl carbamates (subject to hydrolysis) is 1. The van der Waals surface area contributed by atoms with Crippen LogP contribution in [0.3, 0.4) is 0 Å². The van der Waals surface area contributed by atoms with Crippen LogP contribution in [0.5, 0.6) is 0 Å². The van der Waals surface area contributed by atoms with Crippen molar-refractivity contribution in [3.05, 3.63) is 118 Å². The van der Waals surface area contributed by atoms with Gasteiger partial charge >= 0.3 is 6.09 Å². The number of hydrogen-bond donors (Lipinski definition) is 2. The number of carbonyl (C=O) groups excluding carboxylic acids is 1. The molecule has 0 bridgehead atoms. The predicted octanol–water partition coefficient (Wildman–Crippen LogP) is 7.16. The minimum Gasteiger partial charge on any atom is -0.449 e. The van der Waals surface area contributed by atoms with Crippen LogP contribution < -0.4 is 5.32 Å². The van der Waals surface area contributed by atoms with E-state index in [1.165, 1.54) is 23.9 Å². The summed E-state index contributed by atoms with van der Waals surface area (Å²) in [6, 6.07) is 26.3. The summed E-state index contributed by atoms with van der Waals surface area (Å²) in [5.74, 6) is -0.547. The van der Waals surface area contributed by atoms with Crippen LogP contribution in [-0.4, -0.2) is 17.8 Å². The number of halogens is 2. The monoisotopic (exact) mass is 519 g/mol. The molecule has 0 heterocycles. The molecule has 4 nitrogen and oxygen atoms in total.